The maximum absolute atomic E-state index is 13.0. The van der Waals surface area contributed by atoms with Gasteiger partial charge in [-0.1, -0.05) is 24.3 Å². The number of nitrogens with one attached hydrogen (secondary N) is 1. The zero-order chi connectivity index (χ0) is 23.7. The molecule has 5 rings (SSSR count). The van der Waals surface area contributed by atoms with E-state index in [0.29, 0.717) is 19.7 Å². The first-order valence-electron chi connectivity index (χ1n) is 11.3. The first kappa shape index (κ1) is 22.6. The molecule has 0 aliphatic carbocycles. The van der Waals surface area contributed by atoms with Gasteiger partial charge in [-0.2, -0.15) is 0 Å². The molecular formula is C26H25N3O3S2. The Morgan fingerprint density at radius 1 is 1.12 bits per heavy atom. The van der Waals surface area contributed by atoms with E-state index < -0.39 is 0 Å². The zero-order valence-corrected chi connectivity index (χ0v) is 20.7. The molecule has 2 aromatic carbocycles. The van der Waals surface area contributed by atoms with Gasteiger partial charge in [0.15, 0.2) is 0 Å². The Hall–Kier alpha value is -3.23. The summed E-state index contributed by atoms with van der Waals surface area (Å²) in [6.07, 6.45) is 1.03. The van der Waals surface area contributed by atoms with Gasteiger partial charge in [-0.25, -0.2) is 4.98 Å². The van der Waals surface area contributed by atoms with Crippen molar-refractivity contribution in [1.29, 1.82) is 0 Å². The van der Waals surface area contributed by atoms with Crippen LogP contribution in [0.25, 0.3) is 20.8 Å². The SMILES string of the molecule is CCOc1ccc(CC(=O)Nc2sc3c(c2-c2nc4ccccc4s2)CCN(C(C)=O)C3)cc1. The summed E-state index contributed by atoms with van der Waals surface area (Å²) in [6.45, 7) is 5.41. The van der Waals surface area contributed by atoms with Crippen LogP contribution in [0.2, 0.25) is 0 Å². The summed E-state index contributed by atoms with van der Waals surface area (Å²) in [5, 5.41) is 4.87. The molecule has 0 saturated heterocycles. The largest absolute Gasteiger partial charge is 0.494 e. The number of fused-ring (bicyclic) bond motifs is 2. The van der Waals surface area contributed by atoms with Crippen molar-refractivity contribution in [2.45, 2.75) is 33.2 Å². The molecule has 34 heavy (non-hydrogen) atoms. The van der Waals surface area contributed by atoms with Crippen molar-refractivity contribution in [3.63, 3.8) is 0 Å². The highest BCUT2D eigenvalue weighted by Crippen LogP contribution is 2.45. The third kappa shape index (κ3) is 4.56. The van der Waals surface area contributed by atoms with Crippen LogP contribution in [-0.4, -0.2) is 34.8 Å². The average Bonchev–Trinajstić information content (AvgIpc) is 3.40. The number of aromatic nitrogens is 1. The molecule has 3 heterocycles. The third-order valence-electron chi connectivity index (χ3n) is 5.86. The molecule has 1 aliphatic rings. The van der Waals surface area contributed by atoms with Crippen molar-refractivity contribution in [2.75, 3.05) is 18.5 Å². The zero-order valence-electron chi connectivity index (χ0n) is 19.1. The van der Waals surface area contributed by atoms with E-state index in [9.17, 15) is 9.59 Å². The predicted molar refractivity (Wildman–Crippen MR) is 138 cm³/mol. The highest BCUT2D eigenvalue weighted by Gasteiger charge is 2.28. The van der Waals surface area contributed by atoms with Crippen molar-refractivity contribution in [2.24, 2.45) is 0 Å². The van der Waals surface area contributed by atoms with Crippen LogP contribution in [0.15, 0.2) is 48.5 Å². The topological polar surface area (TPSA) is 71.5 Å². The summed E-state index contributed by atoms with van der Waals surface area (Å²) < 4.78 is 6.61. The number of rotatable bonds is 6. The van der Waals surface area contributed by atoms with Crippen molar-refractivity contribution in [3.8, 4) is 16.3 Å². The van der Waals surface area contributed by atoms with Crippen LogP contribution in [0.3, 0.4) is 0 Å². The number of benzene rings is 2. The number of carbonyl (C=O) groups is 2. The maximum atomic E-state index is 13.0. The summed E-state index contributed by atoms with van der Waals surface area (Å²) in [5.74, 6) is 0.793. The number of thiophene rings is 1. The molecule has 174 valence electrons. The molecule has 8 heteroatoms. The number of carbonyl (C=O) groups excluding carboxylic acids is 2. The number of para-hydroxylation sites is 1. The minimum absolute atomic E-state index is 0.0710. The first-order valence-corrected chi connectivity index (χ1v) is 12.9. The highest BCUT2D eigenvalue weighted by molar-refractivity contribution is 7.22. The molecule has 1 aliphatic heterocycles. The minimum atomic E-state index is -0.0754. The Morgan fingerprint density at radius 3 is 2.65 bits per heavy atom. The van der Waals surface area contributed by atoms with Crippen LogP contribution in [0.4, 0.5) is 5.00 Å². The van der Waals surface area contributed by atoms with Crippen LogP contribution in [0, 0.1) is 0 Å². The van der Waals surface area contributed by atoms with Gasteiger partial charge in [0.1, 0.15) is 15.8 Å². The van der Waals surface area contributed by atoms with Gasteiger partial charge in [-0.15, -0.1) is 22.7 Å². The van der Waals surface area contributed by atoms with Crippen molar-refractivity contribution in [1.82, 2.24) is 9.88 Å². The third-order valence-corrected chi connectivity index (χ3v) is 8.05. The quantitative estimate of drug-likeness (QED) is 0.386. The average molecular weight is 492 g/mol. The van der Waals surface area contributed by atoms with Crippen LogP contribution < -0.4 is 10.1 Å². The smallest absolute Gasteiger partial charge is 0.229 e. The Morgan fingerprint density at radius 2 is 1.91 bits per heavy atom. The summed E-state index contributed by atoms with van der Waals surface area (Å²) >= 11 is 3.19. The highest BCUT2D eigenvalue weighted by atomic mass is 32.1. The fourth-order valence-corrected chi connectivity index (χ4v) is 6.58. The van der Waals surface area contributed by atoms with Gasteiger partial charge >= 0.3 is 0 Å². The van der Waals surface area contributed by atoms with Crippen LogP contribution in [0.5, 0.6) is 5.75 Å². The van der Waals surface area contributed by atoms with E-state index in [1.54, 1.807) is 29.6 Å². The van der Waals surface area contributed by atoms with Gasteiger partial charge in [-0.3, -0.25) is 9.59 Å². The van der Waals surface area contributed by atoms with E-state index in [1.165, 1.54) is 5.56 Å². The number of thiazole rings is 1. The number of hydrogen-bond donors (Lipinski definition) is 1. The summed E-state index contributed by atoms with van der Waals surface area (Å²) in [4.78, 5) is 32.8. The lowest BCUT2D eigenvalue weighted by atomic mass is 10.0. The molecule has 2 amide bonds. The van der Waals surface area contributed by atoms with E-state index in [4.69, 9.17) is 9.72 Å². The van der Waals surface area contributed by atoms with Gasteiger partial charge in [0, 0.05) is 23.9 Å². The van der Waals surface area contributed by atoms with Crippen molar-refractivity contribution < 1.29 is 14.3 Å². The first-order chi connectivity index (χ1) is 16.5. The molecule has 0 spiro atoms. The molecule has 4 aromatic rings. The molecule has 1 N–H and O–H groups in total. The molecule has 0 radical (unpaired) electrons. The maximum Gasteiger partial charge on any atom is 0.229 e. The minimum Gasteiger partial charge on any atom is -0.494 e. The Balaban J connectivity index is 1.46. The second-order valence-corrected chi connectivity index (χ2v) is 10.3. The normalized spacial score (nSPS) is 13.1. The Bertz CT molecular complexity index is 1320. The number of hydrogen-bond acceptors (Lipinski definition) is 6. The van der Waals surface area contributed by atoms with Gasteiger partial charge in [-0.05, 0) is 48.7 Å². The molecule has 2 aromatic heterocycles. The van der Waals surface area contributed by atoms with Crippen LogP contribution in [-0.2, 0) is 29.0 Å². The standard InChI is InChI=1S/C26H25N3O3S2/c1-3-32-18-10-8-17(9-11-18)14-23(31)28-26-24(25-27-20-6-4-5-7-21(20)33-25)19-12-13-29(16(2)30)15-22(19)34-26/h4-11H,3,12-15H2,1-2H3,(H,28,31). The Labute approximate surface area is 206 Å². The lowest BCUT2D eigenvalue weighted by molar-refractivity contribution is -0.129. The van der Waals surface area contributed by atoms with E-state index in [0.717, 1.165) is 48.4 Å². The molecular weight excluding hydrogens is 466 g/mol. The molecule has 0 saturated carbocycles. The number of nitrogens with zero attached hydrogens (tertiary/aromatic N) is 2. The van der Waals surface area contributed by atoms with Crippen LogP contribution in [0.1, 0.15) is 29.9 Å². The van der Waals surface area contributed by atoms with E-state index in [1.807, 2.05) is 54.3 Å². The monoisotopic (exact) mass is 491 g/mol. The van der Waals surface area contributed by atoms with Gasteiger partial charge in [0.2, 0.25) is 11.8 Å². The number of ether oxygens (including phenoxy) is 1. The second-order valence-electron chi connectivity index (χ2n) is 8.19. The van der Waals surface area contributed by atoms with E-state index in [-0.39, 0.29) is 18.2 Å². The Kier molecular flexibility index (Phi) is 6.34. The lowest BCUT2D eigenvalue weighted by Crippen LogP contribution is -2.33. The fraction of sp³-hybridized carbons (Fsp3) is 0.269. The van der Waals surface area contributed by atoms with Gasteiger partial charge in [0.25, 0.3) is 0 Å². The summed E-state index contributed by atoms with van der Waals surface area (Å²) in [7, 11) is 0. The summed E-state index contributed by atoms with van der Waals surface area (Å²) in [6, 6.07) is 15.7. The second kappa shape index (κ2) is 9.56. The molecule has 0 unspecified atom stereocenters. The lowest BCUT2D eigenvalue weighted by Gasteiger charge is -2.26. The molecule has 0 fully saturated rings. The van der Waals surface area contributed by atoms with Gasteiger partial charge in [0.05, 0.1) is 29.8 Å². The molecule has 0 atom stereocenters. The molecule has 0 bridgehead atoms. The van der Waals surface area contributed by atoms with E-state index in [2.05, 4.69) is 11.4 Å². The van der Waals surface area contributed by atoms with Crippen LogP contribution >= 0.6 is 22.7 Å². The predicted octanol–water partition coefficient (Wildman–Crippen LogP) is 5.51. The number of anilines is 1. The summed E-state index contributed by atoms with van der Waals surface area (Å²) in [5.41, 5.74) is 4.07. The fourth-order valence-electron chi connectivity index (χ4n) is 4.19. The van der Waals surface area contributed by atoms with Crippen molar-refractivity contribution in [3.05, 3.63) is 64.5 Å². The molecule has 6 nitrogen and oxygen atoms in total. The number of amides is 2. The van der Waals surface area contributed by atoms with Gasteiger partial charge < -0.3 is 15.0 Å². The van der Waals surface area contributed by atoms with E-state index >= 15 is 0 Å². The van der Waals surface area contributed by atoms with Crippen molar-refractivity contribution >= 4 is 49.7 Å².